The zero-order valence-electron chi connectivity index (χ0n) is 27.0. The Bertz CT molecular complexity index is 762. The zero-order chi connectivity index (χ0) is 30.8. The van der Waals surface area contributed by atoms with Crippen LogP contribution >= 0.6 is 0 Å². The van der Waals surface area contributed by atoms with Crippen LogP contribution in [0.2, 0.25) is 0 Å². The Morgan fingerprint density at radius 3 is 1.48 bits per heavy atom. The predicted molar refractivity (Wildman–Crippen MR) is 177 cm³/mol. The van der Waals surface area contributed by atoms with E-state index in [2.05, 4.69) is 74.6 Å². The van der Waals surface area contributed by atoms with Gasteiger partial charge in [-0.2, -0.15) is 0 Å². The first-order chi connectivity index (χ1) is 20.6. The summed E-state index contributed by atoms with van der Waals surface area (Å²) in [7, 11) is 0. The lowest BCUT2D eigenvalue weighted by Crippen LogP contribution is -2.25. The second-order valence-corrected chi connectivity index (χ2v) is 10.9. The van der Waals surface area contributed by atoms with Gasteiger partial charge in [-0.05, 0) is 70.6 Å². The van der Waals surface area contributed by atoms with Crippen LogP contribution in [0.5, 0.6) is 0 Å². The van der Waals surface area contributed by atoms with Crippen molar-refractivity contribution in [1.82, 2.24) is 0 Å². The van der Waals surface area contributed by atoms with Crippen LogP contribution in [0.4, 0.5) is 0 Å². The van der Waals surface area contributed by atoms with Gasteiger partial charge in [-0.3, -0.25) is 9.59 Å². The third-order valence-electron chi connectivity index (χ3n) is 6.74. The molecule has 0 rings (SSSR count). The lowest BCUT2D eigenvalue weighted by molar-refractivity contribution is -0.152. The largest absolute Gasteiger partial charge is 0.463 e. The minimum atomic E-state index is -0.985. The van der Waals surface area contributed by atoms with Crippen LogP contribution in [0.15, 0.2) is 60.8 Å². The first kappa shape index (κ1) is 39.6. The summed E-state index contributed by atoms with van der Waals surface area (Å²) >= 11 is 0. The number of esters is 2. The molecule has 240 valence electrons. The number of unbranched alkanes of at least 4 members (excludes halogenated alkanes) is 11. The molecule has 0 fully saturated rings. The van der Waals surface area contributed by atoms with Gasteiger partial charge in [0.2, 0.25) is 0 Å². The van der Waals surface area contributed by atoms with Gasteiger partial charge in [0.25, 0.3) is 0 Å². The van der Waals surface area contributed by atoms with E-state index in [-0.39, 0.29) is 25.2 Å². The van der Waals surface area contributed by atoms with Crippen molar-refractivity contribution in [3.8, 4) is 0 Å². The molecule has 0 radical (unpaired) electrons. The lowest BCUT2D eigenvalue weighted by atomic mass is 10.1. The third-order valence-corrected chi connectivity index (χ3v) is 6.74. The number of hydrogen-bond donors (Lipinski definition) is 1. The Morgan fingerprint density at radius 1 is 0.524 bits per heavy atom. The van der Waals surface area contributed by atoms with Crippen molar-refractivity contribution in [3.05, 3.63) is 60.8 Å². The molecule has 0 amide bonds. The quantitative estimate of drug-likeness (QED) is 0.0536. The molecule has 5 heteroatoms. The summed E-state index contributed by atoms with van der Waals surface area (Å²) in [6, 6.07) is 0. The number of carbonyl (C=O) groups is 2. The second-order valence-electron chi connectivity index (χ2n) is 10.9. The van der Waals surface area contributed by atoms with E-state index in [0.717, 1.165) is 77.0 Å². The fraction of sp³-hybridized carbons (Fsp3) is 0.676. The molecule has 0 aromatic rings. The molecule has 0 heterocycles. The van der Waals surface area contributed by atoms with E-state index in [4.69, 9.17) is 9.47 Å². The Hall–Kier alpha value is -2.40. The van der Waals surface area contributed by atoms with Crippen molar-refractivity contribution in [2.75, 3.05) is 13.2 Å². The molecule has 1 atom stereocenters. The van der Waals surface area contributed by atoms with Gasteiger partial charge in [-0.25, -0.2) is 0 Å². The highest BCUT2D eigenvalue weighted by atomic mass is 16.6. The molecule has 0 spiro atoms. The molecule has 0 saturated carbocycles. The molecule has 1 N–H and O–H groups in total. The van der Waals surface area contributed by atoms with Gasteiger partial charge >= 0.3 is 11.9 Å². The molecule has 0 aromatic heterocycles. The van der Waals surface area contributed by atoms with Crippen LogP contribution in [0.3, 0.4) is 0 Å². The predicted octanol–water partition coefficient (Wildman–Crippen LogP) is 10.1. The van der Waals surface area contributed by atoms with E-state index in [1.54, 1.807) is 0 Å². The Kier molecular flexibility index (Phi) is 31.2. The van der Waals surface area contributed by atoms with Crippen LogP contribution in [-0.4, -0.2) is 36.4 Å². The van der Waals surface area contributed by atoms with Gasteiger partial charge in [0.05, 0.1) is 0 Å². The average Bonchev–Trinajstić information content (AvgIpc) is 2.99. The fourth-order valence-corrected chi connectivity index (χ4v) is 4.20. The van der Waals surface area contributed by atoms with Crippen LogP contribution in [0.25, 0.3) is 0 Å². The molecule has 0 aliphatic rings. The molecular weight excluding hydrogens is 524 g/mol. The Morgan fingerprint density at radius 2 is 0.929 bits per heavy atom. The minimum absolute atomic E-state index is 0.140. The molecule has 42 heavy (non-hydrogen) atoms. The van der Waals surface area contributed by atoms with Crippen molar-refractivity contribution in [1.29, 1.82) is 0 Å². The first-order valence-corrected chi connectivity index (χ1v) is 16.8. The molecule has 0 bridgehead atoms. The molecule has 0 aliphatic heterocycles. The number of ether oxygens (including phenoxy) is 2. The summed E-state index contributed by atoms with van der Waals surface area (Å²) < 4.78 is 10.2. The third kappa shape index (κ3) is 32.1. The van der Waals surface area contributed by atoms with Gasteiger partial charge in [0.1, 0.15) is 19.3 Å². The standard InChI is InChI=1S/C37H62O5/c1-3-5-7-9-11-13-15-16-17-18-19-20-22-24-26-28-30-32-37(40)42-34-35(38)33-41-36(39)31-29-27-25-23-21-14-12-10-8-6-4-2/h5,7,11,13,16-17,19-20,23,25,35,38H,3-4,6,8-10,12,14-15,18,21-22,24,26-34H2,1-2H3/b7-5-,13-11-,17-16-,20-19-,25-23-/t35-/m1/s1. The highest BCUT2D eigenvalue weighted by Gasteiger charge is 2.11. The number of aliphatic hydroxyl groups is 1. The van der Waals surface area contributed by atoms with E-state index >= 15 is 0 Å². The molecule has 0 saturated heterocycles. The van der Waals surface area contributed by atoms with Gasteiger partial charge in [0, 0.05) is 12.8 Å². The summed E-state index contributed by atoms with van der Waals surface area (Å²) in [5.74, 6) is -0.637. The molecule has 0 aliphatic carbocycles. The van der Waals surface area contributed by atoms with Crippen molar-refractivity contribution in [2.45, 2.75) is 148 Å². The molecule has 0 aromatic carbocycles. The average molecular weight is 587 g/mol. The van der Waals surface area contributed by atoms with Crippen molar-refractivity contribution in [2.24, 2.45) is 0 Å². The topological polar surface area (TPSA) is 72.8 Å². The summed E-state index contributed by atoms with van der Waals surface area (Å²) in [5, 5.41) is 9.95. The van der Waals surface area contributed by atoms with Crippen LogP contribution in [0, 0.1) is 0 Å². The molecule has 5 nitrogen and oxygen atoms in total. The normalized spacial score (nSPS) is 12.9. The minimum Gasteiger partial charge on any atom is -0.463 e. The zero-order valence-corrected chi connectivity index (χ0v) is 27.0. The Balaban J connectivity index is 3.56. The number of allylic oxidation sites excluding steroid dienone is 10. The molecule has 0 unspecified atom stereocenters. The van der Waals surface area contributed by atoms with Gasteiger partial charge in [0.15, 0.2) is 0 Å². The van der Waals surface area contributed by atoms with Crippen molar-refractivity contribution in [3.63, 3.8) is 0 Å². The fourth-order valence-electron chi connectivity index (χ4n) is 4.20. The van der Waals surface area contributed by atoms with Gasteiger partial charge in [-0.15, -0.1) is 0 Å². The van der Waals surface area contributed by atoms with E-state index < -0.39 is 6.10 Å². The van der Waals surface area contributed by atoms with Crippen LogP contribution in [-0.2, 0) is 19.1 Å². The maximum Gasteiger partial charge on any atom is 0.305 e. The van der Waals surface area contributed by atoms with Crippen molar-refractivity contribution >= 4 is 11.9 Å². The number of rotatable bonds is 29. The lowest BCUT2D eigenvalue weighted by Gasteiger charge is -2.12. The molecular formula is C37H62O5. The smallest absolute Gasteiger partial charge is 0.305 e. The van der Waals surface area contributed by atoms with Gasteiger partial charge < -0.3 is 14.6 Å². The van der Waals surface area contributed by atoms with Crippen LogP contribution < -0.4 is 0 Å². The number of aliphatic hydroxyl groups excluding tert-OH is 1. The summed E-state index contributed by atoms with van der Waals surface area (Å²) in [6.45, 7) is 4.10. The monoisotopic (exact) mass is 586 g/mol. The summed E-state index contributed by atoms with van der Waals surface area (Å²) in [4.78, 5) is 23.8. The maximum atomic E-state index is 11.9. The number of hydrogen-bond acceptors (Lipinski definition) is 5. The van der Waals surface area contributed by atoms with E-state index in [0.29, 0.717) is 12.8 Å². The summed E-state index contributed by atoms with van der Waals surface area (Å²) in [5.41, 5.74) is 0. The van der Waals surface area contributed by atoms with Gasteiger partial charge in [-0.1, -0.05) is 120 Å². The van der Waals surface area contributed by atoms with Crippen LogP contribution in [0.1, 0.15) is 142 Å². The number of carbonyl (C=O) groups excluding carboxylic acids is 2. The van der Waals surface area contributed by atoms with Crippen molar-refractivity contribution < 1.29 is 24.2 Å². The first-order valence-electron chi connectivity index (χ1n) is 16.8. The highest BCUT2D eigenvalue weighted by Crippen LogP contribution is 2.09. The summed E-state index contributed by atoms with van der Waals surface area (Å²) in [6.07, 6.45) is 41.3. The van der Waals surface area contributed by atoms with E-state index in [1.165, 1.54) is 38.5 Å². The second kappa shape index (κ2) is 33.1. The van der Waals surface area contributed by atoms with E-state index in [1.807, 2.05) is 0 Å². The highest BCUT2D eigenvalue weighted by molar-refractivity contribution is 5.69. The maximum absolute atomic E-state index is 11.9. The SMILES string of the molecule is CC/C=C\C/C=C\C/C=C\C/C=C\CCCCCCC(=O)OC[C@H](O)COC(=O)CCC/C=C\CCCCCCCC. The Labute approximate surface area is 258 Å². The van der Waals surface area contributed by atoms with E-state index in [9.17, 15) is 14.7 Å².